The average molecular weight is 354 g/mol. The van der Waals surface area contributed by atoms with Crippen molar-refractivity contribution < 1.29 is 9.21 Å². The number of hydrogen-bond donors (Lipinski definition) is 1. The summed E-state index contributed by atoms with van der Waals surface area (Å²) >= 11 is 0. The van der Waals surface area contributed by atoms with Gasteiger partial charge in [0.15, 0.2) is 0 Å². The monoisotopic (exact) mass is 354 g/mol. The highest BCUT2D eigenvalue weighted by Gasteiger charge is 2.18. The van der Waals surface area contributed by atoms with Crippen LogP contribution >= 0.6 is 0 Å². The van der Waals surface area contributed by atoms with Gasteiger partial charge in [-0.1, -0.05) is 49.6 Å². The van der Waals surface area contributed by atoms with E-state index in [1.54, 1.807) is 0 Å². The molecular formula is C22H30N2O2. The minimum absolute atomic E-state index is 0.153. The van der Waals surface area contributed by atoms with Gasteiger partial charge < -0.3 is 14.6 Å². The predicted molar refractivity (Wildman–Crippen MR) is 104 cm³/mol. The Morgan fingerprint density at radius 1 is 1.12 bits per heavy atom. The molecule has 4 heteroatoms. The van der Waals surface area contributed by atoms with E-state index in [-0.39, 0.29) is 5.91 Å². The maximum atomic E-state index is 12.8. The summed E-state index contributed by atoms with van der Waals surface area (Å²) in [6.07, 6.45) is 7.11. The fourth-order valence-corrected chi connectivity index (χ4v) is 3.61. The first-order chi connectivity index (χ1) is 12.7. The van der Waals surface area contributed by atoms with E-state index < -0.39 is 0 Å². The highest BCUT2D eigenvalue weighted by atomic mass is 16.3. The van der Waals surface area contributed by atoms with Crippen molar-refractivity contribution in [1.82, 2.24) is 10.2 Å². The largest absolute Gasteiger partial charge is 0.464 e. The lowest BCUT2D eigenvalue weighted by Crippen LogP contribution is -2.42. The Morgan fingerprint density at radius 3 is 2.58 bits per heavy atom. The van der Waals surface area contributed by atoms with Crippen LogP contribution in [0.4, 0.5) is 0 Å². The van der Waals surface area contributed by atoms with Crippen LogP contribution in [-0.4, -0.2) is 29.9 Å². The lowest BCUT2D eigenvalue weighted by molar-refractivity contribution is -0.131. The van der Waals surface area contributed by atoms with Crippen molar-refractivity contribution in [3.8, 4) is 0 Å². The molecule has 0 unspecified atom stereocenters. The van der Waals surface area contributed by atoms with Gasteiger partial charge >= 0.3 is 0 Å². The van der Waals surface area contributed by atoms with Gasteiger partial charge in [-0.3, -0.25) is 4.79 Å². The molecule has 1 aromatic heterocycles. The number of nitrogens with one attached hydrogen (secondary N) is 1. The van der Waals surface area contributed by atoms with E-state index in [2.05, 4.69) is 17.4 Å². The fraction of sp³-hybridized carbons (Fsp3) is 0.500. The summed E-state index contributed by atoms with van der Waals surface area (Å²) in [5.41, 5.74) is 1.25. The molecule has 0 bridgehead atoms. The number of furan rings is 1. The van der Waals surface area contributed by atoms with Gasteiger partial charge in [-0.05, 0) is 43.9 Å². The van der Waals surface area contributed by atoms with Crippen LogP contribution in [0.15, 0.2) is 46.9 Å². The number of aryl methyl sites for hydroxylation is 1. The van der Waals surface area contributed by atoms with Crippen molar-refractivity contribution in [2.45, 2.75) is 58.0 Å². The van der Waals surface area contributed by atoms with Crippen molar-refractivity contribution in [3.63, 3.8) is 0 Å². The average Bonchev–Trinajstić information content (AvgIpc) is 3.09. The Balaban J connectivity index is 1.57. The number of carbonyl (C=O) groups is 1. The van der Waals surface area contributed by atoms with E-state index in [1.807, 2.05) is 42.2 Å². The second-order valence-electron chi connectivity index (χ2n) is 7.28. The summed E-state index contributed by atoms with van der Waals surface area (Å²) < 4.78 is 5.70. The minimum Gasteiger partial charge on any atom is -0.464 e. The van der Waals surface area contributed by atoms with Crippen LogP contribution in [-0.2, 0) is 17.8 Å². The molecule has 1 saturated carbocycles. The molecule has 0 radical (unpaired) electrons. The van der Waals surface area contributed by atoms with Gasteiger partial charge in [-0.2, -0.15) is 0 Å². The standard InChI is InChI=1S/C22H30N2O2/c1-18-12-13-21(26-18)17-24(15-14-19-8-4-2-5-9-19)22(25)16-23-20-10-6-3-7-11-20/h2,4-5,8-9,12-13,20,23H,3,6-7,10-11,14-17H2,1H3. The first-order valence-electron chi connectivity index (χ1n) is 9.81. The Hall–Kier alpha value is -2.07. The minimum atomic E-state index is 0.153. The maximum Gasteiger partial charge on any atom is 0.236 e. The van der Waals surface area contributed by atoms with Crippen LogP contribution in [0.25, 0.3) is 0 Å². The van der Waals surface area contributed by atoms with Gasteiger partial charge in [0, 0.05) is 12.6 Å². The molecule has 0 aliphatic heterocycles. The molecule has 26 heavy (non-hydrogen) atoms. The van der Waals surface area contributed by atoms with Crippen molar-refractivity contribution in [2.75, 3.05) is 13.1 Å². The lowest BCUT2D eigenvalue weighted by Gasteiger charge is -2.26. The second-order valence-corrected chi connectivity index (χ2v) is 7.28. The zero-order chi connectivity index (χ0) is 18.2. The highest BCUT2D eigenvalue weighted by Crippen LogP contribution is 2.17. The molecule has 4 nitrogen and oxygen atoms in total. The Kier molecular flexibility index (Phi) is 6.89. The number of benzene rings is 1. The van der Waals surface area contributed by atoms with Gasteiger partial charge in [0.2, 0.25) is 5.91 Å². The Labute approximate surface area is 156 Å². The zero-order valence-corrected chi connectivity index (χ0v) is 15.7. The Morgan fingerprint density at radius 2 is 1.88 bits per heavy atom. The van der Waals surface area contributed by atoms with Crippen molar-refractivity contribution in [2.24, 2.45) is 0 Å². The highest BCUT2D eigenvalue weighted by molar-refractivity contribution is 5.78. The second kappa shape index (κ2) is 9.58. The molecule has 0 saturated heterocycles. The zero-order valence-electron chi connectivity index (χ0n) is 15.7. The maximum absolute atomic E-state index is 12.8. The third-order valence-corrected chi connectivity index (χ3v) is 5.16. The molecule has 1 N–H and O–H groups in total. The van der Waals surface area contributed by atoms with Gasteiger partial charge in [0.25, 0.3) is 0 Å². The third-order valence-electron chi connectivity index (χ3n) is 5.16. The van der Waals surface area contributed by atoms with Crippen LogP contribution < -0.4 is 5.32 Å². The molecule has 1 heterocycles. The van der Waals surface area contributed by atoms with Gasteiger partial charge in [-0.15, -0.1) is 0 Å². The van der Waals surface area contributed by atoms with E-state index >= 15 is 0 Å². The summed E-state index contributed by atoms with van der Waals surface area (Å²) in [7, 11) is 0. The van der Waals surface area contributed by atoms with Gasteiger partial charge in [0.05, 0.1) is 13.1 Å². The summed E-state index contributed by atoms with van der Waals surface area (Å²) in [4.78, 5) is 14.8. The molecule has 140 valence electrons. The Bertz CT molecular complexity index is 674. The molecule has 3 rings (SSSR count). The lowest BCUT2D eigenvalue weighted by atomic mass is 9.95. The van der Waals surface area contributed by atoms with Crippen molar-refractivity contribution >= 4 is 5.91 Å². The van der Waals surface area contributed by atoms with Crippen molar-refractivity contribution in [3.05, 3.63) is 59.5 Å². The summed E-state index contributed by atoms with van der Waals surface area (Å²) in [6, 6.07) is 14.7. The molecule has 2 aromatic rings. The summed E-state index contributed by atoms with van der Waals surface area (Å²) in [5, 5.41) is 3.47. The van der Waals surface area contributed by atoms with Crippen LogP contribution in [0.1, 0.15) is 49.2 Å². The molecule has 1 fully saturated rings. The number of hydrogen-bond acceptors (Lipinski definition) is 3. The predicted octanol–water partition coefficient (Wildman–Crippen LogP) is 4.08. The molecule has 1 aliphatic carbocycles. The fourth-order valence-electron chi connectivity index (χ4n) is 3.61. The van der Waals surface area contributed by atoms with E-state index in [0.29, 0.717) is 25.7 Å². The summed E-state index contributed by atoms with van der Waals surface area (Å²) in [5.74, 6) is 1.89. The normalized spacial score (nSPS) is 15.1. The molecule has 0 spiro atoms. The number of nitrogens with zero attached hydrogens (tertiary/aromatic N) is 1. The van der Waals surface area contributed by atoms with Crippen molar-refractivity contribution in [1.29, 1.82) is 0 Å². The van der Waals surface area contributed by atoms with E-state index in [4.69, 9.17) is 4.42 Å². The molecule has 1 amide bonds. The molecule has 1 aliphatic rings. The van der Waals surface area contributed by atoms with E-state index in [0.717, 1.165) is 17.9 Å². The molecule has 0 atom stereocenters. The van der Waals surface area contributed by atoms with Gasteiger partial charge in [0.1, 0.15) is 11.5 Å². The topological polar surface area (TPSA) is 45.5 Å². The molecular weight excluding hydrogens is 324 g/mol. The van der Waals surface area contributed by atoms with Crippen LogP contribution in [0.5, 0.6) is 0 Å². The SMILES string of the molecule is Cc1ccc(CN(CCc2ccccc2)C(=O)CNC2CCCCC2)o1. The van der Waals surface area contributed by atoms with E-state index in [9.17, 15) is 4.79 Å². The van der Waals surface area contributed by atoms with Gasteiger partial charge in [-0.25, -0.2) is 0 Å². The summed E-state index contributed by atoms with van der Waals surface area (Å²) in [6.45, 7) is 3.59. The smallest absolute Gasteiger partial charge is 0.236 e. The quantitative estimate of drug-likeness (QED) is 0.777. The van der Waals surface area contributed by atoms with Crippen LogP contribution in [0.3, 0.4) is 0 Å². The molecule has 1 aromatic carbocycles. The number of rotatable bonds is 8. The third kappa shape index (κ3) is 5.73. The van der Waals surface area contributed by atoms with Crippen LogP contribution in [0.2, 0.25) is 0 Å². The van der Waals surface area contributed by atoms with E-state index in [1.165, 1.54) is 37.7 Å². The van der Waals surface area contributed by atoms with Crippen LogP contribution in [0, 0.1) is 6.92 Å². The number of carbonyl (C=O) groups excluding carboxylic acids is 1. The number of amides is 1. The first-order valence-corrected chi connectivity index (χ1v) is 9.81. The first kappa shape index (κ1) is 18.7.